The standard InChI is InChI=1S/C17H22F3N5O3S/c1-13(2)15(16(14(10-23)24-3)29-28-17(18,19)20)25(11-26-8-4-6-21)12-27-9-5-7-22/h13H,4-5,8-9,11-12H2,1-3H3/b16-15-,24-14?. The van der Waals surface area contributed by atoms with Crippen molar-refractivity contribution < 1.29 is 26.8 Å². The molecule has 0 unspecified atom stereocenters. The molecule has 0 radical (unpaired) electrons. The Morgan fingerprint density at radius 3 is 1.93 bits per heavy atom. The number of aliphatic imine (C=N–C) groups is 1. The number of nitrogens with zero attached hydrogens (tertiary/aromatic N) is 5. The highest BCUT2D eigenvalue weighted by atomic mass is 32.2. The molecule has 0 aromatic heterocycles. The molecule has 0 aromatic rings. The Bertz CT molecular complexity index is 668. The van der Waals surface area contributed by atoms with Gasteiger partial charge in [0.05, 0.1) is 43.1 Å². The average molecular weight is 433 g/mol. The van der Waals surface area contributed by atoms with Crippen LogP contribution in [-0.4, -0.2) is 50.7 Å². The smallest absolute Gasteiger partial charge is 0.360 e. The minimum atomic E-state index is -4.93. The minimum Gasteiger partial charge on any atom is -0.360 e. The quantitative estimate of drug-likeness (QED) is 0.187. The van der Waals surface area contributed by atoms with Crippen molar-refractivity contribution in [1.82, 2.24) is 4.90 Å². The van der Waals surface area contributed by atoms with Crippen LogP contribution < -0.4 is 0 Å². The number of nitriles is 3. The fourth-order valence-corrected chi connectivity index (χ4v) is 2.87. The fraction of sp³-hybridized carbons (Fsp3) is 0.647. The molecule has 0 saturated heterocycles. The van der Waals surface area contributed by atoms with E-state index in [0.717, 1.165) is 0 Å². The maximum Gasteiger partial charge on any atom is 0.533 e. The first-order chi connectivity index (χ1) is 13.7. The first-order valence-corrected chi connectivity index (χ1v) is 9.14. The molecule has 0 heterocycles. The van der Waals surface area contributed by atoms with Crippen molar-refractivity contribution in [3.05, 3.63) is 10.6 Å². The molecule has 12 heteroatoms. The molecule has 0 amide bonds. The summed E-state index contributed by atoms with van der Waals surface area (Å²) >= 11 is -0.0182. The lowest BCUT2D eigenvalue weighted by Crippen LogP contribution is -2.33. The Labute approximate surface area is 172 Å². The van der Waals surface area contributed by atoms with Gasteiger partial charge in [0.1, 0.15) is 19.5 Å². The largest absolute Gasteiger partial charge is 0.533 e. The lowest BCUT2D eigenvalue weighted by Gasteiger charge is -2.31. The fourth-order valence-electron chi connectivity index (χ4n) is 2.03. The predicted molar refractivity (Wildman–Crippen MR) is 99.5 cm³/mol. The maximum absolute atomic E-state index is 12.6. The molecule has 0 aliphatic carbocycles. The number of allylic oxidation sites excluding steroid dienone is 2. The lowest BCUT2D eigenvalue weighted by atomic mass is 10.1. The van der Waals surface area contributed by atoms with Crippen molar-refractivity contribution >= 4 is 17.8 Å². The van der Waals surface area contributed by atoms with Crippen molar-refractivity contribution in [2.75, 3.05) is 33.7 Å². The van der Waals surface area contributed by atoms with Gasteiger partial charge < -0.3 is 14.4 Å². The topological polar surface area (TPSA) is 115 Å². The second kappa shape index (κ2) is 14.7. The van der Waals surface area contributed by atoms with Crippen molar-refractivity contribution in [3.8, 4) is 18.2 Å². The summed E-state index contributed by atoms with van der Waals surface area (Å²) in [5.74, 6) is -0.362. The minimum absolute atomic E-state index is 0.0182. The number of rotatable bonds is 13. The first kappa shape index (κ1) is 26.7. The number of ether oxygens (including phenoxy) is 2. The number of hydrogen-bond donors (Lipinski definition) is 0. The molecule has 0 N–H and O–H groups in total. The van der Waals surface area contributed by atoms with E-state index < -0.39 is 6.36 Å². The van der Waals surface area contributed by atoms with Crippen LogP contribution in [0.1, 0.15) is 26.7 Å². The van der Waals surface area contributed by atoms with Crippen molar-refractivity contribution in [1.29, 1.82) is 15.8 Å². The summed E-state index contributed by atoms with van der Waals surface area (Å²) in [6.45, 7) is 3.41. The van der Waals surface area contributed by atoms with Crippen molar-refractivity contribution in [2.24, 2.45) is 10.9 Å². The Balaban J connectivity index is 5.97. The van der Waals surface area contributed by atoms with Gasteiger partial charge in [0, 0.05) is 24.8 Å². The van der Waals surface area contributed by atoms with Crippen LogP contribution >= 0.6 is 12.0 Å². The van der Waals surface area contributed by atoms with Crippen molar-refractivity contribution in [2.45, 2.75) is 33.1 Å². The molecule has 0 aromatic carbocycles. The molecule has 0 rings (SSSR count). The van der Waals surface area contributed by atoms with Gasteiger partial charge in [0.25, 0.3) is 0 Å². The van der Waals surface area contributed by atoms with Gasteiger partial charge in [-0.1, -0.05) is 13.8 Å². The second-order valence-corrected chi connectivity index (χ2v) is 6.34. The maximum atomic E-state index is 12.6. The molecule has 160 valence electrons. The zero-order valence-corrected chi connectivity index (χ0v) is 17.1. The van der Waals surface area contributed by atoms with Gasteiger partial charge in [-0.3, -0.25) is 4.99 Å². The van der Waals surface area contributed by atoms with E-state index in [1.807, 2.05) is 12.1 Å². The molecule has 29 heavy (non-hydrogen) atoms. The summed E-state index contributed by atoms with van der Waals surface area (Å²) < 4.78 is 52.5. The van der Waals surface area contributed by atoms with Gasteiger partial charge in [0.2, 0.25) is 0 Å². The highest BCUT2D eigenvalue weighted by Gasteiger charge is 2.33. The van der Waals surface area contributed by atoms with E-state index in [1.54, 1.807) is 19.9 Å². The van der Waals surface area contributed by atoms with Gasteiger partial charge >= 0.3 is 6.36 Å². The molecule has 0 aliphatic rings. The van der Waals surface area contributed by atoms with E-state index in [2.05, 4.69) is 9.18 Å². The molecule has 0 aliphatic heterocycles. The monoisotopic (exact) mass is 433 g/mol. The molecule has 0 spiro atoms. The number of hydrogen-bond acceptors (Lipinski definition) is 9. The van der Waals surface area contributed by atoms with E-state index in [0.29, 0.717) is 0 Å². The Morgan fingerprint density at radius 2 is 1.59 bits per heavy atom. The highest BCUT2D eigenvalue weighted by molar-refractivity contribution is 7.99. The van der Waals surface area contributed by atoms with Gasteiger partial charge in [0.15, 0.2) is 5.71 Å². The summed E-state index contributed by atoms with van der Waals surface area (Å²) in [5.41, 5.74) is 0.0392. The highest BCUT2D eigenvalue weighted by Crippen LogP contribution is 2.34. The number of alkyl halides is 3. The number of halogens is 3. The second-order valence-electron chi connectivity index (χ2n) is 5.60. The molecular formula is C17H22F3N5O3S. The van der Waals surface area contributed by atoms with Gasteiger partial charge in [-0.05, 0) is 5.92 Å². The van der Waals surface area contributed by atoms with Crippen LogP contribution in [0.3, 0.4) is 0 Å². The predicted octanol–water partition coefficient (Wildman–Crippen LogP) is 3.71. The van der Waals surface area contributed by atoms with Crippen LogP contribution in [0.2, 0.25) is 0 Å². The SMILES string of the molecule is CN=C(C#N)/C(SOC(F)(F)F)=C(\C(C)C)N(COCCC#N)COCCC#N. The summed E-state index contributed by atoms with van der Waals surface area (Å²) in [6, 6.07) is 5.59. The van der Waals surface area contributed by atoms with Crippen LogP contribution in [0, 0.1) is 39.9 Å². The zero-order valence-electron chi connectivity index (χ0n) is 16.3. The zero-order chi connectivity index (χ0) is 22.3. The average Bonchev–Trinajstić information content (AvgIpc) is 2.65. The van der Waals surface area contributed by atoms with Gasteiger partial charge in [-0.2, -0.15) is 15.8 Å². The Hall–Kier alpha value is -2.30. The lowest BCUT2D eigenvalue weighted by molar-refractivity contribution is -0.266. The van der Waals surface area contributed by atoms with Crippen LogP contribution in [0.5, 0.6) is 0 Å². The van der Waals surface area contributed by atoms with E-state index in [4.69, 9.17) is 20.0 Å². The van der Waals surface area contributed by atoms with Crippen LogP contribution in [-0.2, 0) is 13.7 Å². The summed E-state index contributed by atoms with van der Waals surface area (Å²) in [5, 5.41) is 26.5. The molecule has 0 fully saturated rings. The summed E-state index contributed by atoms with van der Waals surface area (Å²) in [6.07, 6.45) is -4.67. The third-order valence-electron chi connectivity index (χ3n) is 3.09. The molecule has 0 atom stereocenters. The molecule has 0 saturated carbocycles. The van der Waals surface area contributed by atoms with Crippen LogP contribution in [0.4, 0.5) is 13.2 Å². The van der Waals surface area contributed by atoms with E-state index in [9.17, 15) is 18.4 Å². The van der Waals surface area contributed by atoms with Gasteiger partial charge in [-0.15, -0.1) is 13.2 Å². The normalized spacial score (nSPS) is 12.8. The molecule has 0 bridgehead atoms. The van der Waals surface area contributed by atoms with E-state index in [-0.39, 0.29) is 73.8 Å². The van der Waals surface area contributed by atoms with E-state index >= 15 is 0 Å². The molecule has 8 nitrogen and oxygen atoms in total. The third kappa shape index (κ3) is 11.3. The van der Waals surface area contributed by atoms with Crippen LogP contribution in [0.15, 0.2) is 15.6 Å². The first-order valence-electron chi connectivity index (χ1n) is 8.39. The van der Waals surface area contributed by atoms with E-state index in [1.165, 1.54) is 11.9 Å². The summed E-state index contributed by atoms with van der Waals surface area (Å²) in [7, 11) is 1.28. The van der Waals surface area contributed by atoms with Crippen LogP contribution in [0.25, 0.3) is 0 Å². The Kier molecular flexibility index (Phi) is 13.5. The van der Waals surface area contributed by atoms with Gasteiger partial charge in [-0.25, -0.2) is 4.18 Å². The summed E-state index contributed by atoms with van der Waals surface area (Å²) in [4.78, 5) is 5.09. The Morgan fingerprint density at radius 1 is 1.07 bits per heavy atom. The third-order valence-corrected chi connectivity index (χ3v) is 3.94. The van der Waals surface area contributed by atoms with Crippen molar-refractivity contribution in [3.63, 3.8) is 0 Å². The molecular weight excluding hydrogens is 411 g/mol.